The molecule has 2 bridgehead atoms. The van der Waals surface area contributed by atoms with Crippen LogP contribution >= 0.6 is 0 Å². The standard InChI is InChI=1S/C23H28N4O/c1-14-21-11-16-4-3-15(12-24)9-18(16)23(14,2)7-8-27(21)22(28)17-5-6-19-20(10-17)26-13-25-19/h3-6,9-10,13-14,21-22,28H,7-8,11-12,24H2,1-2H3,(H,25,26)/t14-,21-,22?,23-/m1/s1. The summed E-state index contributed by atoms with van der Waals surface area (Å²) in [5, 5.41) is 11.3. The first kappa shape index (κ1) is 17.9. The van der Waals surface area contributed by atoms with Gasteiger partial charge in [-0.25, -0.2) is 4.98 Å². The average Bonchev–Trinajstić information content (AvgIpc) is 3.18. The quantitative estimate of drug-likeness (QED) is 0.656. The molecule has 1 aliphatic carbocycles. The van der Waals surface area contributed by atoms with Crippen molar-refractivity contribution >= 4 is 11.0 Å². The third kappa shape index (κ3) is 2.54. The van der Waals surface area contributed by atoms with Crippen LogP contribution in [0, 0.1) is 5.92 Å². The van der Waals surface area contributed by atoms with Crippen molar-refractivity contribution in [3.63, 3.8) is 0 Å². The van der Waals surface area contributed by atoms with Crippen LogP contribution in [0.2, 0.25) is 0 Å². The summed E-state index contributed by atoms with van der Waals surface area (Å²) in [6.07, 6.45) is 3.10. The lowest BCUT2D eigenvalue weighted by Gasteiger charge is -2.55. The maximum absolute atomic E-state index is 11.3. The van der Waals surface area contributed by atoms with E-state index in [1.165, 1.54) is 16.7 Å². The molecule has 5 rings (SSSR count). The van der Waals surface area contributed by atoms with Crippen LogP contribution in [0.4, 0.5) is 0 Å². The van der Waals surface area contributed by atoms with Crippen LogP contribution in [0.1, 0.15) is 48.8 Å². The second-order valence-corrected chi connectivity index (χ2v) is 8.71. The maximum Gasteiger partial charge on any atom is 0.133 e. The number of H-pyrrole nitrogens is 1. The van der Waals surface area contributed by atoms with Crippen molar-refractivity contribution in [1.82, 2.24) is 14.9 Å². The highest BCUT2D eigenvalue weighted by Gasteiger charge is 2.49. The van der Waals surface area contributed by atoms with Crippen molar-refractivity contribution in [3.05, 3.63) is 65.0 Å². The number of hydrogen-bond acceptors (Lipinski definition) is 4. The summed E-state index contributed by atoms with van der Waals surface area (Å²) < 4.78 is 0. The molecule has 3 aromatic rings. The van der Waals surface area contributed by atoms with E-state index in [1.54, 1.807) is 6.33 Å². The lowest BCUT2D eigenvalue weighted by molar-refractivity contribution is -0.0844. The second kappa shape index (κ2) is 6.41. The zero-order chi connectivity index (χ0) is 19.5. The van der Waals surface area contributed by atoms with Crippen molar-refractivity contribution in [2.24, 2.45) is 11.7 Å². The highest BCUT2D eigenvalue weighted by atomic mass is 16.3. The van der Waals surface area contributed by atoms with Gasteiger partial charge in [-0.15, -0.1) is 0 Å². The number of piperidine rings is 1. The fourth-order valence-electron chi connectivity index (χ4n) is 5.44. The molecule has 5 nitrogen and oxygen atoms in total. The molecule has 5 heteroatoms. The molecule has 4 atom stereocenters. The van der Waals surface area contributed by atoms with E-state index >= 15 is 0 Å². The number of likely N-dealkylation sites (tertiary alicyclic amines) is 1. The topological polar surface area (TPSA) is 78.2 Å². The predicted octanol–water partition coefficient (Wildman–Crippen LogP) is 3.24. The minimum Gasteiger partial charge on any atom is -0.374 e. The van der Waals surface area contributed by atoms with E-state index in [1.807, 2.05) is 18.2 Å². The molecule has 28 heavy (non-hydrogen) atoms. The lowest BCUT2D eigenvalue weighted by Crippen LogP contribution is -2.58. The number of nitrogens with two attached hydrogens (primary N) is 1. The Morgan fingerprint density at radius 2 is 2.18 bits per heavy atom. The molecule has 2 aliphatic rings. The molecular weight excluding hydrogens is 348 g/mol. The lowest BCUT2D eigenvalue weighted by atomic mass is 9.58. The summed E-state index contributed by atoms with van der Waals surface area (Å²) in [7, 11) is 0. The van der Waals surface area contributed by atoms with Gasteiger partial charge in [0.05, 0.1) is 17.4 Å². The molecule has 0 amide bonds. The Morgan fingerprint density at radius 3 is 3.00 bits per heavy atom. The van der Waals surface area contributed by atoms with Gasteiger partial charge in [0.2, 0.25) is 0 Å². The van der Waals surface area contributed by atoms with Gasteiger partial charge in [-0.05, 0) is 58.6 Å². The van der Waals surface area contributed by atoms with E-state index in [2.05, 4.69) is 46.9 Å². The van der Waals surface area contributed by atoms with Crippen LogP contribution in [-0.4, -0.2) is 32.6 Å². The molecule has 2 aromatic carbocycles. The van der Waals surface area contributed by atoms with E-state index in [9.17, 15) is 5.11 Å². The van der Waals surface area contributed by atoms with Gasteiger partial charge in [0.1, 0.15) is 6.23 Å². The number of aliphatic hydroxyl groups excluding tert-OH is 1. The number of nitrogens with one attached hydrogen (secondary N) is 1. The summed E-state index contributed by atoms with van der Waals surface area (Å²) in [6, 6.07) is 13.0. The third-order valence-corrected chi connectivity index (χ3v) is 7.41. The normalized spacial score (nSPS) is 28.3. The molecule has 146 valence electrons. The molecular formula is C23H28N4O. The summed E-state index contributed by atoms with van der Waals surface area (Å²) in [5.74, 6) is 0.465. The molecule has 0 spiro atoms. The third-order valence-electron chi connectivity index (χ3n) is 7.41. The maximum atomic E-state index is 11.3. The molecule has 1 fully saturated rings. The molecule has 1 saturated heterocycles. The van der Waals surface area contributed by atoms with Crippen molar-refractivity contribution in [2.45, 2.75) is 50.9 Å². The molecule has 1 unspecified atom stereocenters. The van der Waals surface area contributed by atoms with Crippen molar-refractivity contribution in [2.75, 3.05) is 6.54 Å². The van der Waals surface area contributed by atoms with Crippen LogP contribution in [0.25, 0.3) is 11.0 Å². The molecule has 4 N–H and O–H groups in total. The first-order chi connectivity index (χ1) is 13.5. The Morgan fingerprint density at radius 1 is 1.32 bits per heavy atom. The molecule has 0 saturated carbocycles. The Bertz CT molecular complexity index is 1030. The number of aromatic nitrogens is 2. The monoisotopic (exact) mass is 376 g/mol. The van der Waals surface area contributed by atoms with Gasteiger partial charge in [0, 0.05) is 19.1 Å². The van der Waals surface area contributed by atoms with Gasteiger partial charge in [0.25, 0.3) is 0 Å². The molecule has 1 aliphatic heterocycles. The average molecular weight is 377 g/mol. The smallest absolute Gasteiger partial charge is 0.133 e. The first-order valence-electron chi connectivity index (χ1n) is 10.2. The van der Waals surface area contributed by atoms with E-state index in [4.69, 9.17) is 5.73 Å². The van der Waals surface area contributed by atoms with Crippen molar-refractivity contribution in [1.29, 1.82) is 0 Å². The van der Waals surface area contributed by atoms with E-state index in [-0.39, 0.29) is 5.41 Å². The number of imidazole rings is 1. The number of nitrogens with zero attached hydrogens (tertiary/aromatic N) is 2. The van der Waals surface area contributed by atoms with Crippen LogP contribution in [-0.2, 0) is 18.4 Å². The van der Waals surface area contributed by atoms with Gasteiger partial charge in [-0.1, -0.05) is 38.1 Å². The Hall–Kier alpha value is -2.21. The zero-order valence-electron chi connectivity index (χ0n) is 16.5. The van der Waals surface area contributed by atoms with E-state index in [0.717, 1.165) is 36.0 Å². The highest BCUT2D eigenvalue weighted by molar-refractivity contribution is 5.75. The Balaban J connectivity index is 1.50. The van der Waals surface area contributed by atoms with Gasteiger partial charge >= 0.3 is 0 Å². The number of aromatic amines is 1. The predicted molar refractivity (Wildman–Crippen MR) is 111 cm³/mol. The SMILES string of the molecule is C[C@@H]1[C@H]2Cc3ccc(CN)cc3[C@]1(C)CCN2C(O)c1ccc2nc[nH]c2c1. The van der Waals surface area contributed by atoms with Crippen molar-refractivity contribution < 1.29 is 5.11 Å². The van der Waals surface area contributed by atoms with Crippen LogP contribution in [0.3, 0.4) is 0 Å². The number of hydrogen-bond donors (Lipinski definition) is 3. The number of benzene rings is 2. The van der Waals surface area contributed by atoms with Crippen molar-refractivity contribution in [3.8, 4) is 0 Å². The largest absolute Gasteiger partial charge is 0.374 e. The minimum absolute atomic E-state index is 0.132. The van der Waals surface area contributed by atoms with Gasteiger partial charge in [0.15, 0.2) is 0 Å². The van der Waals surface area contributed by atoms with Crippen LogP contribution in [0.5, 0.6) is 0 Å². The second-order valence-electron chi connectivity index (χ2n) is 8.71. The van der Waals surface area contributed by atoms with Gasteiger partial charge < -0.3 is 15.8 Å². The fourth-order valence-corrected chi connectivity index (χ4v) is 5.44. The molecule has 0 radical (unpaired) electrons. The van der Waals surface area contributed by atoms with E-state index < -0.39 is 6.23 Å². The summed E-state index contributed by atoms with van der Waals surface area (Å²) >= 11 is 0. The number of rotatable bonds is 3. The minimum atomic E-state index is -0.602. The van der Waals surface area contributed by atoms with Gasteiger partial charge in [-0.3, -0.25) is 4.90 Å². The molecule has 1 aromatic heterocycles. The Kier molecular flexibility index (Phi) is 4.09. The van der Waals surface area contributed by atoms with Crippen LogP contribution in [0.15, 0.2) is 42.7 Å². The van der Waals surface area contributed by atoms with E-state index in [0.29, 0.717) is 18.5 Å². The fraction of sp³-hybridized carbons (Fsp3) is 0.435. The Labute approximate surface area is 165 Å². The number of aliphatic hydroxyl groups is 1. The molecule has 2 heterocycles. The first-order valence-corrected chi connectivity index (χ1v) is 10.2. The highest BCUT2D eigenvalue weighted by Crippen LogP contribution is 2.50. The van der Waals surface area contributed by atoms with Crippen LogP contribution < -0.4 is 5.73 Å². The number of fused-ring (bicyclic) bond motifs is 5. The summed E-state index contributed by atoms with van der Waals surface area (Å²) in [5.41, 5.74) is 12.9. The summed E-state index contributed by atoms with van der Waals surface area (Å²) in [4.78, 5) is 9.73. The summed E-state index contributed by atoms with van der Waals surface area (Å²) in [6.45, 7) is 6.21. The zero-order valence-corrected chi connectivity index (χ0v) is 16.5. The van der Waals surface area contributed by atoms with Gasteiger partial charge in [-0.2, -0.15) is 0 Å².